The first-order valence-corrected chi connectivity index (χ1v) is 11.1. The van der Waals surface area contributed by atoms with Gasteiger partial charge >= 0.3 is 0 Å². The topological polar surface area (TPSA) is 31.4 Å². The van der Waals surface area contributed by atoms with E-state index in [0.717, 1.165) is 51.6 Å². The minimum atomic E-state index is 0.0765. The van der Waals surface area contributed by atoms with Crippen molar-refractivity contribution in [3.8, 4) is 34.3 Å². The van der Waals surface area contributed by atoms with Crippen LogP contribution in [0, 0.1) is 5.41 Å². The van der Waals surface area contributed by atoms with Gasteiger partial charge in [0.05, 0.1) is 5.69 Å². The number of rotatable bonds is 2. The molecule has 6 rings (SSSR count). The summed E-state index contributed by atoms with van der Waals surface area (Å²) in [5, 5.41) is 0. The van der Waals surface area contributed by atoms with E-state index in [1.54, 1.807) is 0 Å². The Morgan fingerprint density at radius 2 is 1.50 bits per heavy atom. The van der Waals surface area contributed by atoms with Crippen molar-refractivity contribution in [3.05, 3.63) is 84.6 Å². The minimum Gasteiger partial charge on any atom is -0.458 e. The number of ether oxygens (including phenoxy) is 2. The maximum Gasteiger partial charge on any atom is 0.260 e. The van der Waals surface area contributed by atoms with Gasteiger partial charge in [-0.05, 0) is 64.7 Å². The van der Waals surface area contributed by atoms with E-state index in [-0.39, 0.29) is 12.1 Å². The van der Waals surface area contributed by atoms with Crippen molar-refractivity contribution < 1.29 is 9.47 Å². The molecule has 2 aliphatic heterocycles. The quantitative estimate of drug-likeness (QED) is 0.369. The second-order valence-corrected chi connectivity index (χ2v) is 9.85. The molecule has 0 bridgehead atoms. The summed E-state index contributed by atoms with van der Waals surface area (Å²) in [6, 6.07) is 25.1. The average molecular weight is 417 g/mol. The Labute approximate surface area is 189 Å². The fourth-order valence-electron chi connectivity index (χ4n) is 4.95. The van der Waals surface area contributed by atoms with Crippen LogP contribution in [0.15, 0.2) is 79.0 Å². The number of benzene rings is 3. The minimum absolute atomic E-state index is 0.0765. The molecule has 3 heterocycles. The standard InChI is InChI=1S/C28H24BNO2/c1-28(2,3)17-18-14-15-30-22(16-18)19-8-6-10-21-27(19)32-25-13-7-12-24-26(25)29(21)20-9-4-5-11-23(20)31-24/h4-16H,17H2,1-3H3. The summed E-state index contributed by atoms with van der Waals surface area (Å²) in [5.41, 5.74) is 6.90. The zero-order valence-electron chi connectivity index (χ0n) is 18.6. The van der Waals surface area contributed by atoms with E-state index in [9.17, 15) is 0 Å². The Bertz CT molecular complexity index is 1360. The number of hydrogen-bond acceptors (Lipinski definition) is 3. The largest absolute Gasteiger partial charge is 0.458 e. The van der Waals surface area contributed by atoms with Crippen LogP contribution >= 0.6 is 0 Å². The molecule has 0 atom stereocenters. The molecular formula is C28H24BNO2. The van der Waals surface area contributed by atoms with E-state index in [4.69, 9.17) is 14.5 Å². The molecule has 0 saturated heterocycles. The number of aromatic nitrogens is 1. The maximum absolute atomic E-state index is 6.55. The Kier molecular flexibility index (Phi) is 4.19. The Morgan fingerprint density at radius 1 is 0.781 bits per heavy atom. The first kappa shape index (κ1) is 19.2. The Balaban J connectivity index is 1.54. The lowest BCUT2D eigenvalue weighted by molar-refractivity contribution is 0.411. The average Bonchev–Trinajstić information content (AvgIpc) is 2.77. The monoisotopic (exact) mass is 417 g/mol. The van der Waals surface area contributed by atoms with Gasteiger partial charge in [0, 0.05) is 17.2 Å². The molecule has 3 nitrogen and oxygen atoms in total. The summed E-state index contributed by atoms with van der Waals surface area (Å²) in [5.74, 6) is 3.52. The first-order chi connectivity index (χ1) is 15.5. The van der Waals surface area contributed by atoms with Crippen molar-refractivity contribution in [2.45, 2.75) is 27.2 Å². The molecule has 0 aliphatic carbocycles. The second kappa shape index (κ2) is 6.99. The van der Waals surface area contributed by atoms with Gasteiger partial charge in [-0.3, -0.25) is 4.98 Å². The molecule has 32 heavy (non-hydrogen) atoms. The predicted molar refractivity (Wildman–Crippen MR) is 131 cm³/mol. The molecule has 4 heteroatoms. The van der Waals surface area contributed by atoms with Crippen molar-refractivity contribution in [3.63, 3.8) is 0 Å². The molecule has 0 radical (unpaired) electrons. The highest BCUT2D eigenvalue weighted by atomic mass is 16.5. The SMILES string of the molecule is CC(C)(C)Cc1ccnc(-c2cccc3c2Oc2cccc4c2B3c2ccccc2O4)c1. The van der Waals surface area contributed by atoms with E-state index in [0.29, 0.717) is 0 Å². The van der Waals surface area contributed by atoms with Crippen molar-refractivity contribution >= 4 is 23.1 Å². The van der Waals surface area contributed by atoms with Gasteiger partial charge in [0.25, 0.3) is 6.71 Å². The molecule has 156 valence electrons. The van der Waals surface area contributed by atoms with Crippen molar-refractivity contribution in [2.75, 3.05) is 0 Å². The smallest absolute Gasteiger partial charge is 0.260 e. The van der Waals surface area contributed by atoms with E-state index in [1.165, 1.54) is 11.0 Å². The lowest BCUT2D eigenvalue weighted by atomic mass is 9.34. The molecule has 0 unspecified atom stereocenters. The molecule has 2 aliphatic rings. The van der Waals surface area contributed by atoms with Gasteiger partial charge in [-0.1, -0.05) is 57.2 Å². The van der Waals surface area contributed by atoms with Crippen LogP contribution in [0.2, 0.25) is 0 Å². The van der Waals surface area contributed by atoms with Gasteiger partial charge in [0.1, 0.15) is 23.0 Å². The third-order valence-corrected chi connectivity index (χ3v) is 6.17. The summed E-state index contributed by atoms with van der Waals surface area (Å²) in [6.45, 7) is 6.86. The second-order valence-electron chi connectivity index (χ2n) is 9.85. The molecule has 0 amide bonds. The van der Waals surface area contributed by atoms with Crippen LogP contribution in [0.25, 0.3) is 11.3 Å². The summed E-state index contributed by atoms with van der Waals surface area (Å²) in [6.07, 6.45) is 2.91. The molecule has 0 N–H and O–H groups in total. The molecule has 0 spiro atoms. The van der Waals surface area contributed by atoms with Crippen LogP contribution in [0.1, 0.15) is 26.3 Å². The first-order valence-electron chi connectivity index (χ1n) is 11.1. The zero-order chi connectivity index (χ0) is 21.9. The summed E-state index contributed by atoms with van der Waals surface area (Å²) < 4.78 is 12.8. The predicted octanol–water partition coefficient (Wildman–Crippen LogP) is 5.06. The Morgan fingerprint density at radius 3 is 2.34 bits per heavy atom. The van der Waals surface area contributed by atoms with Crippen LogP contribution in [-0.2, 0) is 6.42 Å². The van der Waals surface area contributed by atoms with Crippen LogP contribution < -0.4 is 25.9 Å². The van der Waals surface area contributed by atoms with Gasteiger partial charge in [0.2, 0.25) is 0 Å². The molecule has 0 saturated carbocycles. The molecule has 4 aromatic rings. The lowest BCUT2D eigenvalue weighted by Gasteiger charge is -2.33. The van der Waals surface area contributed by atoms with Gasteiger partial charge in [-0.2, -0.15) is 0 Å². The molecule has 0 fully saturated rings. The van der Waals surface area contributed by atoms with Gasteiger partial charge in [-0.25, -0.2) is 0 Å². The fraction of sp³-hybridized carbons (Fsp3) is 0.179. The Hall–Kier alpha value is -3.53. The van der Waals surface area contributed by atoms with Crippen LogP contribution in [-0.4, -0.2) is 11.7 Å². The van der Waals surface area contributed by atoms with E-state index >= 15 is 0 Å². The lowest BCUT2D eigenvalue weighted by Crippen LogP contribution is -2.57. The normalized spacial score (nSPS) is 13.4. The molecule has 3 aromatic carbocycles. The van der Waals surface area contributed by atoms with E-state index in [1.807, 2.05) is 36.5 Å². The van der Waals surface area contributed by atoms with Crippen molar-refractivity contribution in [1.29, 1.82) is 0 Å². The van der Waals surface area contributed by atoms with Crippen LogP contribution in [0.3, 0.4) is 0 Å². The highest BCUT2D eigenvalue weighted by molar-refractivity contribution is 6.98. The van der Waals surface area contributed by atoms with Crippen LogP contribution in [0.5, 0.6) is 23.0 Å². The van der Waals surface area contributed by atoms with Gasteiger partial charge in [0.15, 0.2) is 0 Å². The van der Waals surface area contributed by atoms with Crippen molar-refractivity contribution in [2.24, 2.45) is 5.41 Å². The number of fused-ring (bicyclic) bond motifs is 4. The molecular weight excluding hydrogens is 393 g/mol. The number of hydrogen-bond donors (Lipinski definition) is 0. The zero-order valence-corrected chi connectivity index (χ0v) is 18.6. The summed E-state index contributed by atoms with van der Waals surface area (Å²) in [4.78, 5) is 4.73. The van der Waals surface area contributed by atoms with Gasteiger partial charge < -0.3 is 9.47 Å². The summed E-state index contributed by atoms with van der Waals surface area (Å²) >= 11 is 0. The maximum atomic E-state index is 6.55. The number of pyridine rings is 1. The van der Waals surface area contributed by atoms with Crippen LogP contribution in [0.4, 0.5) is 0 Å². The molecule has 1 aromatic heterocycles. The third kappa shape index (κ3) is 3.10. The van der Waals surface area contributed by atoms with E-state index < -0.39 is 0 Å². The third-order valence-electron chi connectivity index (χ3n) is 6.17. The van der Waals surface area contributed by atoms with E-state index in [2.05, 4.69) is 63.2 Å². The highest BCUT2D eigenvalue weighted by Crippen LogP contribution is 2.38. The number of para-hydroxylation sites is 2. The summed E-state index contributed by atoms with van der Waals surface area (Å²) in [7, 11) is 0. The number of nitrogens with zero attached hydrogens (tertiary/aromatic N) is 1. The fourth-order valence-corrected chi connectivity index (χ4v) is 4.95. The highest BCUT2D eigenvalue weighted by Gasteiger charge is 2.40. The van der Waals surface area contributed by atoms with Crippen molar-refractivity contribution in [1.82, 2.24) is 4.98 Å². The van der Waals surface area contributed by atoms with Gasteiger partial charge in [-0.15, -0.1) is 0 Å².